The molecule has 1 aromatic carbocycles. The molecule has 1 amide bonds. The minimum Gasteiger partial charge on any atom is -0.496 e. The first-order chi connectivity index (χ1) is 12.9. The Morgan fingerprint density at radius 1 is 1.33 bits per heavy atom. The van der Waals surface area contributed by atoms with Gasteiger partial charge in [0.15, 0.2) is 0 Å². The summed E-state index contributed by atoms with van der Waals surface area (Å²) < 4.78 is 5.42. The van der Waals surface area contributed by atoms with Crippen molar-refractivity contribution in [2.24, 2.45) is 0 Å². The molecule has 2 unspecified atom stereocenters. The Labute approximate surface area is 165 Å². The number of likely N-dealkylation sites (tertiary alicyclic amines) is 1. The molecule has 0 spiro atoms. The van der Waals surface area contributed by atoms with Crippen LogP contribution in [0.3, 0.4) is 0 Å². The van der Waals surface area contributed by atoms with Crippen LogP contribution in [0.5, 0.6) is 5.75 Å². The molecule has 1 saturated heterocycles. The summed E-state index contributed by atoms with van der Waals surface area (Å²) >= 11 is 6.08. The van der Waals surface area contributed by atoms with Gasteiger partial charge in [-0.15, -0.1) is 0 Å². The van der Waals surface area contributed by atoms with Crippen LogP contribution in [0.25, 0.3) is 0 Å². The summed E-state index contributed by atoms with van der Waals surface area (Å²) in [5, 5.41) is 3.48. The summed E-state index contributed by atoms with van der Waals surface area (Å²) in [6.07, 6.45) is 4.00. The molecular formula is C21H26ClN3O2. The van der Waals surface area contributed by atoms with Gasteiger partial charge >= 0.3 is 0 Å². The number of hydrogen-bond acceptors (Lipinski definition) is 4. The highest BCUT2D eigenvalue weighted by Gasteiger charge is 2.29. The maximum Gasteiger partial charge on any atom is 0.253 e. The lowest BCUT2D eigenvalue weighted by Gasteiger charge is -2.27. The Kier molecular flexibility index (Phi) is 6.02. The van der Waals surface area contributed by atoms with E-state index in [4.69, 9.17) is 16.3 Å². The van der Waals surface area contributed by atoms with Gasteiger partial charge in [0.2, 0.25) is 0 Å². The van der Waals surface area contributed by atoms with Crippen LogP contribution in [0.4, 0.5) is 0 Å². The minimum atomic E-state index is -0.140. The molecule has 1 N–H and O–H groups in total. The topological polar surface area (TPSA) is 54.5 Å². The maximum absolute atomic E-state index is 12.5. The number of pyridine rings is 1. The van der Waals surface area contributed by atoms with Gasteiger partial charge in [-0.25, -0.2) is 0 Å². The van der Waals surface area contributed by atoms with Gasteiger partial charge < -0.3 is 10.1 Å². The van der Waals surface area contributed by atoms with Crippen LogP contribution in [0, 0.1) is 13.8 Å². The van der Waals surface area contributed by atoms with Crippen molar-refractivity contribution in [3.05, 3.63) is 57.9 Å². The van der Waals surface area contributed by atoms with Crippen molar-refractivity contribution in [2.45, 2.75) is 39.3 Å². The Balaban J connectivity index is 1.66. The second-order valence-corrected chi connectivity index (χ2v) is 7.50. The largest absolute Gasteiger partial charge is 0.496 e. The standard InChI is InChI=1S/C21H26ClN3O2/c1-13-14(2)20(27-4)6-5-17(13)15(3)25-10-8-16(12-25)24-21(26)18-7-9-23-11-19(18)22/h5-7,9,11,15-16H,8,10,12H2,1-4H3,(H,24,26). The number of nitrogens with one attached hydrogen (secondary N) is 1. The Morgan fingerprint density at radius 3 is 2.81 bits per heavy atom. The molecule has 0 bridgehead atoms. The van der Waals surface area contributed by atoms with Crippen molar-refractivity contribution in [1.29, 1.82) is 0 Å². The Morgan fingerprint density at radius 2 is 2.11 bits per heavy atom. The number of halogens is 1. The van der Waals surface area contributed by atoms with E-state index in [2.05, 4.69) is 42.0 Å². The average Bonchev–Trinajstić information content (AvgIpc) is 3.12. The summed E-state index contributed by atoms with van der Waals surface area (Å²) in [5.74, 6) is 0.780. The second kappa shape index (κ2) is 8.28. The lowest BCUT2D eigenvalue weighted by atomic mass is 9.97. The van der Waals surface area contributed by atoms with Gasteiger partial charge in [-0.3, -0.25) is 14.7 Å². The van der Waals surface area contributed by atoms with Crippen LogP contribution in [0.2, 0.25) is 5.02 Å². The van der Waals surface area contributed by atoms with Crippen LogP contribution >= 0.6 is 11.6 Å². The molecule has 2 heterocycles. The van der Waals surface area contributed by atoms with Gasteiger partial charge in [-0.2, -0.15) is 0 Å². The lowest BCUT2D eigenvalue weighted by molar-refractivity contribution is 0.0936. The first-order valence-electron chi connectivity index (χ1n) is 9.21. The van der Waals surface area contributed by atoms with E-state index < -0.39 is 0 Å². The lowest BCUT2D eigenvalue weighted by Crippen LogP contribution is -2.37. The van der Waals surface area contributed by atoms with Gasteiger partial charge in [0.05, 0.1) is 17.7 Å². The zero-order valence-electron chi connectivity index (χ0n) is 16.3. The monoisotopic (exact) mass is 387 g/mol. The van der Waals surface area contributed by atoms with Gasteiger partial charge in [0.1, 0.15) is 5.75 Å². The third-order valence-electron chi connectivity index (χ3n) is 5.57. The second-order valence-electron chi connectivity index (χ2n) is 7.09. The van der Waals surface area contributed by atoms with Gasteiger partial charge in [-0.1, -0.05) is 17.7 Å². The number of rotatable bonds is 5. The molecule has 3 rings (SSSR count). The molecule has 2 aromatic rings. The molecule has 27 heavy (non-hydrogen) atoms. The van der Waals surface area contributed by atoms with Crippen LogP contribution in [-0.4, -0.2) is 42.0 Å². The molecule has 1 aromatic heterocycles. The van der Waals surface area contributed by atoms with Crippen molar-refractivity contribution < 1.29 is 9.53 Å². The third-order valence-corrected chi connectivity index (χ3v) is 5.87. The van der Waals surface area contributed by atoms with E-state index in [-0.39, 0.29) is 18.0 Å². The Bertz CT molecular complexity index is 840. The SMILES string of the molecule is COc1ccc(C(C)N2CCC(NC(=O)c3ccncc3Cl)C2)c(C)c1C. The molecule has 0 aliphatic carbocycles. The highest BCUT2D eigenvalue weighted by atomic mass is 35.5. The highest BCUT2D eigenvalue weighted by molar-refractivity contribution is 6.33. The van der Waals surface area contributed by atoms with Crippen molar-refractivity contribution >= 4 is 17.5 Å². The van der Waals surface area contributed by atoms with Crippen molar-refractivity contribution in [2.75, 3.05) is 20.2 Å². The van der Waals surface area contributed by atoms with Crippen molar-refractivity contribution in [3.63, 3.8) is 0 Å². The number of hydrogen-bond donors (Lipinski definition) is 1. The van der Waals surface area contributed by atoms with Crippen molar-refractivity contribution in [3.8, 4) is 5.75 Å². The molecule has 1 fully saturated rings. The number of carbonyl (C=O) groups is 1. The zero-order valence-corrected chi connectivity index (χ0v) is 17.0. The van der Waals surface area contributed by atoms with Crippen LogP contribution < -0.4 is 10.1 Å². The average molecular weight is 388 g/mol. The number of amides is 1. The summed E-state index contributed by atoms with van der Waals surface area (Å²) in [6, 6.07) is 6.23. The van der Waals surface area contributed by atoms with Crippen LogP contribution in [0.15, 0.2) is 30.6 Å². The van der Waals surface area contributed by atoms with E-state index in [9.17, 15) is 4.79 Å². The van der Waals surface area contributed by atoms with Gasteiger partial charge in [0, 0.05) is 37.6 Å². The molecule has 1 aliphatic rings. The van der Waals surface area contributed by atoms with Crippen molar-refractivity contribution in [1.82, 2.24) is 15.2 Å². The van der Waals surface area contributed by atoms with Crippen LogP contribution in [0.1, 0.15) is 46.4 Å². The molecule has 0 radical (unpaired) electrons. The predicted octanol–water partition coefficient (Wildman–Crippen LogP) is 3.93. The molecular weight excluding hydrogens is 362 g/mol. The highest BCUT2D eigenvalue weighted by Crippen LogP contribution is 2.32. The summed E-state index contributed by atoms with van der Waals surface area (Å²) in [4.78, 5) is 18.8. The zero-order chi connectivity index (χ0) is 19.6. The molecule has 2 atom stereocenters. The number of nitrogens with zero attached hydrogens (tertiary/aromatic N) is 2. The first kappa shape index (κ1) is 19.6. The molecule has 144 valence electrons. The number of ether oxygens (including phenoxy) is 1. The quantitative estimate of drug-likeness (QED) is 0.844. The molecule has 5 nitrogen and oxygen atoms in total. The van der Waals surface area contributed by atoms with E-state index >= 15 is 0 Å². The first-order valence-corrected chi connectivity index (χ1v) is 9.58. The normalized spacial score (nSPS) is 18.3. The fraction of sp³-hybridized carbons (Fsp3) is 0.429. The Hall–Kier alpha value is -2.11. The van der Waals surface area contributed by atoms with E-state index in [1.165, 1.54) is 22.9 Å². The molecule has 1 aliphatic heterocycles. The van der Waals surface area contributed by atoms with Gasteiger partial charge in [-0.05, 0) is 56.0 Å². The minimum absolute atomic E-state index is 0.115. The number of benzene rings is 1. The summed E-state index contributed by atoms with van der Waals surface area (Å²) in [6.45, 7) is 8.22. The molecule has 0 saturated carbocycles. The number of aromatic nitrogens is 1. The van der Waals surface area contributed by atoms with E-state index in [1.807, 2.05) is 6.07 Å². The molecule has 6 heteroatoms. The fourth-order valence-electron chi connectivity index (χ4n) is 3.77. The number of methoxy groups -OCH3 is 1. The van der Waals surface area contributed by atoms with Gasteiger partial charge in [0.25, 0.3) is 5.91 Å². The van der Waals surface area contributed by atoms with E-state index in [1.54, 1.807) is 19.4 Å². The maximum atomic E-state index is 12.5. The third kappa shape index (κ3) is 4.09. The fourth-order valence-corrected chi connectivity index (χ4v) is 3.97. The predicted molar refractivity (Wildman–Crippen MR) is 108 cm³/mol. The van der Waals surface area contributed by atoms with E-state index in [0.717, 1.165) is 25.3 Å². The summed E-state index contributed by atoms with van der Waals surface area (Å²) in [5.41, 5.74) is 4.22. The summed E-state index contributed by atoms with van der Waals surface area (Å²) in [7, 11) is 1.70. The van der Waals surface area contributed by atoms with E-state index in [0.29, 0.717) is 10.6 Å². The van der Waals surface area contributed by atoms with Crippen LogP contribution in [-0.2, 0) is 0 Å². The smallest absolute Gasteiger partial charge is 0.253 e. The number of carbonyl (C=O) groups excluding carboxylic acids is 1.